The minimum atomic E-state index is -0.612. The van der Waals surface area contributed by atoms with E-state index in [1.54, 1.807) is 26.8 Å². The van der Waals surface area contributed by atoms with Gasteiger partial charge in [0, 0.05) is 17.5 Å². The number of carbonyl (C=O) groups excluding carboxylic acids is 2. The Kier molecular flexibility index (Phi) is 3.77. The summed E-state index contributed by atoms with van der Waals surface area (Å²) >= 11 is 0. The largest absolute Gasteiger partial charge is 0.444 e. The lowest BCUT2D eigenvalue weighted by molar-refractivity contribution is -0.116. The van der Waals surface area contributed by atoms with E-state index in [1.165, 1.54) is 0 Å². The molecule has 0 aromatic rings. The number of nitrogens with one attached hydrogen (secondary N) is 2. The van der Waals surface area contributed by atoms with Crippen molar-refractivity contribution in [1.29, 1.82) is 0 Å². The normalized spacial score (nSPS) is 23.6. The summed E-state index contributed by atoms with van der Waals surface area (Å²) in [5.41, 5.74) is -0.0212. The Morgan fingerprint density at radius 1 is 1.55 bits per heavy atom. The zero-order valence-corrected chi connectivity index (χ0v) is 12.2. The second-order valence-electron chi connectivity index (χ2n) is 6.54. The smallest absolute Gasteiger partial charge is 0.408 e. The zero-order chi connectivity index (χ0) is 15.0. The summed E-state index contributed by atoms with van der Waals surface area (Å²) in [6.07, 6.45) is 3.68. The molecule has 1 atom stereocenters. The van der Waals surface area contributed by atoms with Gasteiger partial charge in [-0.1, -0.05) is 6.08 Å². The van der Waals surface area contributed by atoms with Gasteiger partial charge in [-0.15, -0.1) is 0 Å². The summed E-state index contributed by atoms with van der Waals surface area (Å²) in [5.74, 6) is -0.105. The van der Waals surface area contributed by atoms with Crippen LogP contribution >= 0.6 is 0 Å². The molecule has 1 spiro atoms. The highest BCUT2D eigenvalue weighted by Crippen LogP contribution is 2.44. The Hall–Kier alpha value is -1.56. The first kappa shape index (κ1) is 14.8. The van der Waals surface area contributed by atoms with E-state index in [4.69, 9.17) is 4.74 Å². The van der Waals surface area contributed by atoms with E-state index >= 15 is 0 Å². The number of rotatable bonds is 3. The number of carbonyl (C=O) groups is 2. The molecule has 1 aliphatic carbocycles. The SMILES string of the molecule is CC(C)(C)OC(=O)N[C@@H](/C=C1\CC2(CC2)NC1=O)CO. The van der Waals surface area contributed by atoms with E-state index in [0.717, 1.165) is 12.8 Å². The minimum absolute atomic E-state index is 0.0468. The van der Waals surface area contributed by atoms with Gasteiger partial charge >= 0.3 is 6.09 Å². The summed E-state index contributed by atoms with van der Waals surface area (Å²) in [5, 5.41) is 14.8. The van der Waals surface area contributed by atoms with E-state index < -0.39 is 17.7 Å². The molecule has 0 unspecified atom stereocenters. The van der Waals surface area contributed by atoms with E-state index in [2.05, 4.69) is 10.6 Å². The van der Waals surface area contributed by atoms with E-state index in [1.807, 2.05) is 0 Å². The van der Waals surface area contributed by atoms with Crippen LogP contribution in [0.25, 0.3) is 0 Å². The highest BCUT2D eigenvalue weighted by molar-refractivity contribution is 5.97. The first-order chi connectivity index (χ1) is 9.23. The first-order valence-corrected chi connectivity index (χ1v) is 6.87. The number of aliphatic hydroxyl groups is 1. The number of hydrogen-bond donors (Lipinski definition) is 3. The van der Waals surface area contributed by atoms with Gasteiger partial charge in [-0.25, -0.2) is 4.79 Å². The maximum atomic E-state index is 11.8. The van der Waals surface area contributed by atoms with Gasteiger partial charge in [-0.2, -0.15) is 0 Å². The average Bonchev–Trinajstić information content (AvgIpc) is 2.96. The van der Waals surface area contributed by atoms with Crippen LogP contribution in [-0.2, 0) is 9.53 Å². The number of amides is 2. The van der Waals surface area contributed by atoms with Crippen LogP contribution in [0.5, 0.6) is 0 Å². The lowest BCUT2D eigenvalue weighted by Gasteiger charge is -2.21. The van der Waals surface area contributed by atoms with Crippen LogP contribution in [0.15, 0.2) is 11.6 Å². The molecule has 20 heavy (non-hydrogen) atoms. The van der Waals surface area contributed by atoms with Gasteiger partial charge < -0.3 is 20.5 Å². The van der Waals surface area contributed by atoms with Crippen LogP contribution in [0.1, 0.15) is 40.0 Å². The standard InChI is InChI=1S/C14H22N2O4/c1-13(2,3)20-12(19)15-10(8-17)6-9-7-14(4-5-14)16-11(9)18/h6,10,17H,4-5,7-8H2,1-3H3,(H,15,19)(H,16,18)/b9-6+/t10-/m0/s1. The zero-order valence-electron chi connectivity index (χ0n) is 12.2. The van der Waals surface area contributed by atoms with E-state index in [0.29, 0.717) is 12.0 Å². The predicted molar refractivity (Wildman–Crippen MR) is 73.1 cm³/mol. The summed E-state index contributed by atoms with van der Waals surface area (Å²) in [6, 6.07) is -0.612. The third kappa shape index (κ3) is 3.72. The summed E-state index contributed by atoms with van der Waals surface area (Å²) in [4.78, 5) is 23.4. The Labute approximate surface area is 118 Å². The van der Waals surface area contributed by atoms with Gasteiger partial charge in [0.1, 0.15) is 5.60 Å². The second-order valence-corrected chi connectivity index (χ2v) is 6.54. The summed E-state index contributed by atoms with van der Waals surface area (Å²) < 4.78 is 5.12. The molecule has 2 fully saturated rings. The molecule has 2 rings (SSSR count). The quantitative estimate of drug-likeness (QED) is 0.670. The number of ether oxygens (including phenoxy) is 1. The van der Waals surface area contributed by atoms with Crippen LogP contribution in [-0.4, -0.2) is 40.9 Å². The maximum Gasteiger partial charge on any atom is 0.408 e. The number of aliphatic hydroxyl groups excluding tert-OH is 1. The van der Waals surface area contributed by atoms with E-state index in [9.17, 15) is 14.7 Å². The Balaban J connectivity index is 1.95. The van der Waals surface area contributed by atoms with Gasteiger partial charge in [0.25, 0.3) is 0 Å². The summed E-state index contributed by atoms with van der Waals surface area (Å²) in [6.45, 7) is 5.02. The molecule has 2 amide bonds. The summed E-state index contributed by atoms with van der Waals surface area (Å²) in [7, 11) is 0. The van der Waals surface area contributed by atoms with Crippen LogP contribution in [0.4, 0.5) is 4.79 Å². The van der Waals surface area contributed by atoms with Gasteiger partial charge in [0.05, 0.1) is 12.6 Å². The first-order valence-electron chi connectivity index (χ1n) is 6.87. The molecule has 1 saturated carbocycles. The van der Waals surface area contributed by atoms with Crippen molar-refractivity contribution in [2.24, 2.45) is 0 Å². The Morgan fingerprint density at radius 3 is 2.65 bits per heavy atom. The highest BCUT2D eigenvalue weighted by atomic mass is 16.6. The average molecular weight is 282 g/mol. The molecule has 0 aromatic carbocycles. The maximum absolute atomic E-state index is 11.8. The van der Waals surface area contributed by atoms with Crippen molar-refractivity contribution in [3.8, 4) is 0 Å². The van der Waals surface area contributed by atoms with Crippen molar-refractivity contribution in [3.63, 3.8) is 0 Å². The minimum Gasteiger partial charge on any atom is -0.444 e. The van der Waals surface area contributed by atoms with Crippen LogP contribution in [0, 0.1) is 0 Å². The molecule has 1 saturated heterocycles. The van der Waals surface area contributed by atoms with Crippen LogP contribution in [0.2, 0.25) is 0 Å². The lowest BCUT2D eigenvalue weighted by Crippen LogP contribution is -2.40. The molecule has 0 aromatic heterocycles. The van der Waals surface area contributed by atoms with Crippen molar-refractivity contribution in [1.82, 2.24) is 10.6 Å². The molecule has 1 aliphatic heterocycles. The van der Waals surface area contributed by atoms with Crippen molar-refractivity contribution in [2.45, 2.75) is 57.2 Å². The Morgan fingerprint density at radius 2 is 2.20 bits per heavy atom. The van der Waals surface area contributed by atoms with Crippen molar-refractivity contribution in [3.05, 3.63) is 11.6 Å². The molecule has 6 heteroatoms. The number of alkyl carbamates (subject to hydrolysis) is 1. The third-order valence-corrected chi connectivity index (χ3v) is 3.35. The topological polar surface area (TPSA) is 87.7 Å². The molecule has 0 bridgehead atoms. The fourth-order valence-corrected chi connectivity index (χ4v) is 2.24. The molecule has 2 aliphatic rings. The molecule has 112 valence electrons. The van der Waals surface area contributed by atoms with Crippen LogP contribution in [0.3, 0.4) is 0 Å². The Bertz CT molecular complexity index is 447. The van der Waals surface area contributed by atoms with Crippen LogP contribution < -0.4 is 10.6 Å². The molecule has 0 radical (unpaired) electrons. The van der Waals surface area contributed by atoms with Crippen molar-refractivity contribution >= 4 is 12.0 Å². The van der Waals surface area contributed by atoms with Gasteiger partial charge in [0.15, 0.2) is 0 Å². The van der Waals surface area contributed by atoms with Crippen molar-refractivity contribution < 1.29 is 19.4 Å². The molecule has 3 N–H and O–H groups in total. The monoisotopic (exact) mass is 282 g/mol. The van der Waals surface area contributed by atoms with Gasteiger partial charge in [-0.05, 0) is 33.6 Å². The van der Waals surface area contributed by atoms with Gasteiger partial charge in [-0.3, -0.25) is 4.79 Å². The highest BCUT2D eigenvalue weighted by Gasteiger charge is 2.50. The van der Waals surface area contributed by atoms with E-state index in [-0.39, 0.29) is 18.1 Å². The second kappa shape index (κ2) is 5.09. The number of hydrogen-bond acceptors (Lipinski definition) is 4. The molecule has 1 heterocycles. The third-order valence-electron chi connectivity index (χ3n) is 3.35. The van der Waals surface area contributed by atoms with Gasteiger partial charge in [0.2, 0.25) is 5.91 Å². The lowest BCUT2D eigenvalue weighted by atomic mass is 10.1. The fourth-order valence-electron chi connectivity index (χ4n) is 2.24. The van der Waals surface area contributed by atoms with Crippen molar-refractivity contribution in [2.75, 3.05) is 6.61 Å². The predicted octanol–water partition coefficient (Wildman–Crippen LogP) is 0.851. The molecule has 6 nitrogen and oxygen atoms in total. The fraction of sp³-hybridized carbons (Fsp3) is 0.714. The molecular formula is C14H22N2O4. The molecular weight excluding hydrogens is 260 g/mol.